The summed E-state index contributed by atoms with van der Waals surface area (Å²) < 4.78 is 22.2. The van der Waals surface area contributed by atoms with Gasteiger partial charge in [0.25, 0.3) is 0 Å². The normalized spacial score (nSPS) is 34.2. The quantitative estimate of drug-likeness (QED) is 0.344. The van der Waals surface area contributed by atoms with Gasteiger partial charge in [-0.15, -0.1) is 19.7 Å². The summed E-state index contributed by atoms with van der Waals surface area (Å²) in [6.45, 7) is 12.0. The van der Waals surface area contributed by atoms with Crippen molar-refractivity contribution in [2.75, 3.05) is 26.4 Å². The zero-order valence-electron chi connectivity index (χ0n) is 11.5. The number of carbonyl (C=O) groups is 1. The van der Waals surface area contributed by atoms with Crippen LogP contribution in [0, 0.1) is 0 Å². The molecule has 110 valence electrons. The average Bonchev–Trinajstić information content (AvgIpc) is 3.06. The molecule has 3 atom stereocenters. The molecule has 0 amide bonds. The predicted molar refractivity (Wildman–Crippen MR) is 73.3 cm³/mol. The maximum atomic E-state index is 12.1. The molecular formula is C15H20O5. The number of fused-ring (bicyclic) bond motifs is 1. The fourth-order valence-electron chi connectivity index (χ4n) is 2.59. The molecule has 2 fully saturated rings. The van der Waals surface area contributed by atoms with Crippen LogP contribution in [0.15, 0.2) is 38.0 Å². The first-order chi connectivity index (χ1) is 9.66. The fourth-order valence-corrected chi connectivity index (χ4v) is 2.59. The second-order valence-corrected chi connectivity index (χ2v) is 4.81. The number of rotatable bonds is 10. The van der Waals surface area contributed by atoms with E-state index in [0.29, 0.717) is 19.6 Å². The minimum atomic E-state index is -1.02. The monoisotopic (exact) mass is 280 g/mol. The Hall–Kier alpha value is -1.43. The van der Waals surface area contributed by atoms with Gasteiger partial charge in [0, 0.05) is 6.42 Å². The van der Waals surface area contributed by atoms with Crippen molar-refractivity contribution in [2.24, 2.45) is 0 Å². The minimum absolute atomic E-state index is 0.258. The first-order valence-electron chi connectivity index (χ1n) is 6.56. The smallest absolute Gasteiger partial charge is 0.342 e. The van der Waals surface area contributed by atoms with Crippen LogP contribution in [0.25, 0.3) is 0 Å². The Morgan fingerprint density at radius 2 is 1.80 bits per heavy atom. The van der Waals surface area contributed by atoms with Crippen molar-refractivity contribution in [2.45, 2.75) is 23.7 Å². The molecule has 2 rings (SSSR count). The summed E-state index contributed by atoms with van der Waals surface area (Å²) in [4.78, 5) is 12.1. The molecule has 0 aromatic rings. The van der Waals surface area contributed by atoms with Crippen LogP contribution in [-0.4, -0.2) is 49.7 Å². The molecule has 20 heavy (non-hydrogen) atoms. The van der Waals surface area contributed by atoms with E-state index in [9.17, 15) is 4.79 Å². The molecule has 0 spiro atoms. The SMILES string of the molecule is C=CCOC[C@H]1OC(=O)[C@@]2(OCC=C)C[C@]12OCC=C. The van der Waals surface area contributed by atoms with E-state index in [1.165, 1.54) is 0 Å². The van der Waals surface area contributed by atoms with Crippen molar-refractivity contribution in [3.8, 4) is 0 Å². The third kappa shape index (κ3) is 2.22. The minimum Gasteiger partial charge on any atom is -0.454 e. The number of cyclic esters (lactones) is 1. The topological polar surface area (TPSA) is 54.0 Å². The Kier molecular flexibility index (Phi) is 4.42. The lowest BCUT2D eigenvalue weighted by atomic mass is 10.1. The Balaban J connectivity index is 2.10. The van der Waals surface area contributed by atoms with Gasteiger partial charge in [-0.2, -0.15) is 0 Å². The molecule has 5 heteroatoms. The molecule has 0 aromatic heterocycles. The Labute approximate surface area is 118 Å². The molecule has 2 aliphatic rings. The van der Waals surface area contributed by atoms with Crippen molar-refractivity contribution in [3.05, 3.63) is 38.0 Å². The molecule has 1 saturated heterocycles. The zero-order chi connectivity index (χ0) is 14.6. The van der Waals surface area contributed by atoms with Crippen LogP contribution >= 0.6 is 0 Å². The van der Waals surface area contributed by atoms with E-state index in [1.807, 2.05) is 0 Å². The summed E-state index contributed by atoms with van der Waals surface area (Å²) >= 11 is 0. The van der Waals surface area contributed by atoms with Gasteiger partial charge in [0.05, 0.1) is 26.4 Å². The molecule has 1 aliphatic carbocycles. The first-order valence-corrected chi connectivity index (χ1v) is 6.56. The van der Waals surface area contributed by atoms with Gasteiger partial charge in [-0.25, -0.2) is 4.79 Å². The second kappa shape index (κ2) is 5.91. The maximum Gasteiger partial charge on any atom is 0.342 e. The molecule has 5 nitrogen and oxygen atoms in total. The van der Waals surface area contributed by atoms with Crippen molar-refractivity contribution in [1.82, 2.24) is 0 Å². The van der Waals surface area contributed by atoms with Crippen LogP contribution in [0.5, 0.6) is 0 Å². The van der Waals surface area contributed by atoms with Crippen LogP contribution in [0.4, 0.5) is 0 Å². The average molecular weight is 280 g/mol. The molecule has 0 unspecified atom stereocenters. The summed E-state index contributed by atoms with van der Waals surface area (Å²) in [6, 6.07) is 0. The van der Waals surface area contributed by atoms with Gasteiger partial charge in [-0.1, -0.05) is 18.2 Å². The van der Waals surface area contributed by atoms with E-state index in [2.05, 4.69) is 19.7 Å². The highest BCUT2D eigenvalue weighted by Gasteiger charge is 2.84. The van der Waals surface area contributed by atoms with Gasteiger partial charge in [0.2, 0.25) is 5.60 Å². The highest BCUT2D eigenvalue weighted by molar-refractivity contribution is 5.90. The van der Waals surface area contributed by atoms with E-state index in [1.54, 1.807) is 18.2 Å². The summed E-state index contributed by atoms with van der Waals surface area (Å²) in [5, 5.41) is 0. The number of ether oxygens (including phenoxy) is 4. The Morgan fingerprint density at radius 1 is 1.15 bits per heavy atom. The lowest BCUT2D eigenvalue weighted by Crippen LogP contribution is -2.39. The zero-order valence-corrected chi connectivity index (χ0v) is 11.5. The van der Waals surface area contributed by atoms with Crippen LogP contribution in [-0.2, 0) is 23.7 Å². The standard InChI is InChI=1S/C15H20O5/c1-4-7-17-10-12-14(18-8-5-2)11-15(14,13(16)20-12)19-9-6-3/h4-6,12H,1-3,7-11H2/t12-,14+,15+/m1/s1. The van der Waals surface area contributed by atoms with Crippen molar-refractivity contribution < 1.29 is 23.7 Å². The third-order valence-corrected chi connectivity index (χ3v) is 3.58. The van der Waals surface area contributed by atoms with Crippen molar-refractivity contribution >= 4 is 5.97 Å². The van der Waals surface area contributed by atoms with Crippen molar-refractivity contribution in [1.29, 1.82) is 0 Å². The number of esters is 1. The largest absolute Gasteiger partial charge is 0.454 e. The van der Waals surface area contributed by atoms with Gasteiger partial charge in [0.15, 0.2) is 11.7 Å². The predicted octanol–water partition coefficient (Wildman–Crippen LogP) is 1.40. The van der Waals surface area contributed by atoms with Crippen LogP contribution in [0.3, 0.4) is 0 Å². The van der Waals surface area contributed by atoms with Gasteiger partial charge in [-0.3, -0.25) is 0 Å². The first kappa shape index (κ1) is 15.0. The number of hydrogen-bond acceptors (Lipinski definition) is 5. The van der Waals surface area contributed by atoms with E-state index in [-0.39, 0.29) is 13.2 Å². The van der Waals surface area contributed by atoms with Crippen LogP contribution in [0.2, 0.25) is 0 Å². The number of hydrogen-bond donors (Lipinski definition) is 0. The van der Waals surface area contributed by atoms with Gasteiger partial charge in [0.1, 0.15) is 0 Å². The molecule has 0 radical (unpaired) electrons. The number of carbonyl (C=O) groups excluding carboxylic acids is 1. The Morgan fingerprint density at radius 3 is 2.45 bits per heavy atom. The summed E-state index contributed by atoms with van der Waals surface area (Å²) in [5.41, 5.74) is -1.80. The lowest BCUT2D eigenvalue weighted by molar-refractivity contribution is -0.157. The summed E-state index contributed by atoms with van der Waals surface area (Å²) in [5.74, 6) is -0.393. The second-order valence-electron chi connectivity index (χ2n) is 4.81. The van der Waals surface area contributed by atoms with E-state index < -0.39 is 23.3 Å². The molecule has 1 heterocycles. The molecule has 0 N–H and O–H groups in total. The highest BCUT2D eigenvalue weighted by Crippen LogP contribution is 2.61. The molecule has 0 bridgehead atoms. The molecule has 1 aliphatic heterocycles. The molecular weight excluding hydrogens is 260 g/mol. The molecule has 0 aromatic carbocycles. The lowest BCUT2D eigenvalue weighted by Gasteiger charge is -2.21. The maximum absolute atomic E-state index is 12.1. The van der Waals surface area contributed by atoms with Crippen LogP contribution in [0.1, 0.15) is 6.42 Å². The third-order valence-electron chi connectivity index (χ3n) is 3.58. The summed E-state index contributed by atoms with van der Waals surface area (Å²) in [7, 11) is 0. The molecule has 1 saturated carbocycles. The van der Waals surface area contributed by atoms with Crippen LogP contribution < -0.4 is 0 Å². The van der Waals surface area contributed by atoms with Gasteiger partial charge < -0.3 is 18.9 Å². The fraction of sp³-hybridized carbons (Fsp3) is 0.533. The Bertz CT molecular complexity index is 418. The van der Waals surface area contributed by atoms with E-state index in [0.717, 1.165) is 0 Å². The van der Waals surface area contributed by atoms with Gasteiger partial charge in [-0.05, 0) is 0 Å². The highest BCUT2D eigenvalue weighted by atomic mass is 16.7. The van der Waals surface area contributed by atoms with Crippen molar-refractivity contribution in [3.63, 3.8) is 0 Å². The van der Waals surface area contributed by atoms with E-state index in [4.69, 9.17) is 18.9 Å². The van der Waals surface area contributed by atoms with Gasteiger partial charge >= 0.3 is 5.97 Å². The van der Waals surface area contributed by atoms with E-state index >= 15 is 0 Å². The summed E-state index contributed by atoms with van der Waals surface area (Å²) in [6.07, 6.45) is 4.88.